The molecule has 0 saturated carbocycles. The fourth-order valence-electron chi connectivity index (χ4n) is 1.36. The van der Waals surface area contributed by atoms with E-state index < -0.39 is 10.8 Å². The van der Waals surface area contributed by atoms with Crippen LogP contribution in [0.4, 0.5) is 0 Å². The van der Waals surface area contributed by atoms with E-state index in [1.807, 2.05) is 29.6 Å². The van der Waals surface area contributed by atoms with Crippen LogP contribution in [-0.2, 0) is 10.8 Å². The van der Waals surface area contributed by atoms with Crippen LogP contribution in [0.1, 0.15) is 0 Å². The summed E-state index contributed by atoms with van der Waals surface area (Å²) in [7, 11) is 0.527. The summed E-state index contributed by atoms with van der Waals surface area (Å²) < 4.78 is 11.3. The summed E-state index contributed by atoms with van der Waals surface area (Å²) in [5.41, 5.74) is 1.16. The van der Waals surface area contributed by atoms with Gasteiger partial charge in [-0.1, -0.05) is 29.0 Å². The summed E-state index contributed by atoms with van der Waals surface area (Å²) in [6, 6.07) is 10.1. The molecular formula is C11H10OS4. The monoisotopic (exact) mass is 286 g/mol. The lowest BCUT2D eigenvalue weighted by Crippen LogP contribution is -1.81. The first kappa shape index (κ1) is 12.2. The molecule has 84 valence electrons. The lowest BCUT2D eigenvalue weighted by molar-refractivity contribution is 0.687. The molecule has 0 bridgehead atoms. The predicted molar refractivity (Wildman–Crippen MR) is 76.9 cm³/mol. The Morgan fingerprint density at radius 3 is 2.75 bits per heavy atom. The van der Waals surface area contributed by atoms with Gasteiger partial charge in [-0.3, -0.25) is 4.21 Å². The second-order valence-corrected chi connectivity index (χ2v) is 6.65. The van der Waals surface area contributed by atoms with Crippen LogP contribution in [0.2, 0.25) is 0 Å². The Morgan fingerprint density at radius 2 is 2.12 bits per heavy atom. The lowest BCUT2D eigenvalue weighted by Gasteiger charge is -2.02. The molecule has 16 heavy (non-hydrogen) atoms. The van der Waals surface area contributed by atoms with Crippen molar-refractivity contribution in [3.8, 4) is 10.4 Å². The summed E-state index contributed by atoms with van der Waals surface area (Å²) in [5.74, 6) is 0. The van der Waals surface area contributed by atoms with E-state index in [4.69, 9.17) is 0 Å². The van der Waals surface area contributed by atoms with Gasteiger partial charge >= 0.3 is 0 Å². The Bertz CT molecular complexity index is 518. The van der Waals surface area contributed by atoms with Gasteiger partial charge in [0.25, 0.3) is 0 Å². The molecule has 1 heterocycles. The highest BCUT2D eigenvalue weighted by molar-refractivity contribution is 8.68. The van der Waals surface area contributed by atoms with E-state index in [2.05, 4.69) is 17.7 Å². The SMILES string of the molecule is CS(=O)c1csc(-c2ccccc2SS)c1. The number of hydrogen-bond donors (Lipinski definition) is 1. The van der Waals surface area contributed by atoms with Crippen molar-refractivity contribution in [3.63, 3.8) is 0 Å². The zero-order valence-corrected chi connectivity index (χ0v) is 11.9. The fourth-order valence-corrected chi connectivity index (χ4v) is 4.17. The van der Waals surface area contributed by atoms with Crippen molar-refractivity contribution in [1.29, 1.82) is 0 Å². The zero-order chi connectivity index (χ0) is 11.5. The molecule has 0 radical (unpaired) electrons. The van der Waals surface area contributed by atoms with Crippen molar-refractivity contribution in [2.45, 2.75) is 9.79 Å². The summed E-state index contributed by atoms with van der Waals surface area (Å²) in [5, 5.41) is 1.95. The number of thiol groups is 1. The largest absolute Gasteiger partial charge is 0.255 e. The minimum absolute atomic E-state index is 0.888. The molecule has 0 amide bonds. The van der Waals surface area contributed by atoms with Gasteiger partial charge < -0.3 is 0 Å². The average Bonchev–Trinajstić information content (AvgIpc) is 2.78. The predicted octanol–water partition coefficient (Wildman–Crippen LogP) is 4.09. The van der Waals surface area contributed by atoms with Crippen LogP contribution in [0.25, 0.3) is 10.4 Å². The summed E-state index contributed by atoms with van der Waals surface area (Å²) in [4.78, 5) is 3.16. The van der Waals surface area contributed by atoms with Crippen LogP contribution in [0, 0.1) is 0 Å². The second kappa shape index (κ2) is 5.40. The van der Waals surface area contributed by atoms with Crippen molar-refractivity contribution in [2.75, 3.05) is 6.26 Å². The molecule has 0 aliphatic rings. The highest BCUT2D eigenvalue weighted by Gasteiger charge is 2.08. The van der Waals surface area contributed by atoms with Crippen LogP contribution in [0.3, 0.4) is 0 Å². The van der Waals surface area contributed by atoms with Gasteiger partial charge in [-0.25, -0.2) is 0 Å². The Kier molecular flexibility index (Phi) is 4.13. The quantitative estimate of drug-likeness (QED) is 0.676. The molecule has 0 aliphatic carbocycles. The van der Waals surface area contributed by atoms with E-state index in [0.29, 0.717) is 0 Å². The maximum Gasteiger partial charge on any atom is 0.0506 e. The van der Waals surface area contributed by atoms with E-state index in [9.17, 15) is 4.21 Å². The molecule has 1 aromatic carbocycles. The third-order valence-corrected chi connectivity index (χ3v) is 5.31. The Morgan fingerprint density at radius 1 is 1.38 bits per heavy atom. The fraction of sp³-hybridized carbons (Fsp3) is 0.0909. The van der Waals surface area contributed by atoms with Gasteiger partial charge in [0.15, 0.2) is 0 Å². The first-order valence-corrected chi connectivity index (χ1v) is 8.86. The van der Waals surface area contributed by atoms with Crippen LogP contribution in [0.5, 0.6) is 0 Å². The van der Waals surface area contributed by atoms with Gasteiger partial charge in [-0.2, -0.15) is 0 Å². The van der Waals surface area contributed by atoms with Gasteiger partial charge in [-0.05, 0) is 12.1 Å². The first-order chi connectivity index (χ1) is 7.72. The minimum Gasteiger partial charge on any atom is -0.255 e. The molecule has 1 aromatic heterocycles. The molecule has 0 N–H and O–H groups in total. The van der Waals surface area contributed by atoms with E-state index >= 15 is 0 Å². The smallest absolute Gasteiger partial charge is 0.0506 e. The van der Waals surface area contributed by atoms with Gasteiger partial charge in [0.05, 0.1) is 10.8 Å². The zero-order valence-electron chi connectivity index (χ0n) is 8.54. The number of benzene rings is 1. The topological polar surface area (TPSA) is 17.1 Å². The van der Waals surface area contributed by atoms with E-state index in [1.54, 1.807) is 17.6 Å². The van der Waals surface area contributed by atoms with Gasteiger partial charge in [0, 0.05) is 31.9 Å². The maximum absolute atomic E-state index is 11.3. The molecule has 1 atom stereocenters. The highest BCUT2D eigenvalue weighted by Crippen LogP contribution is 2.36. The van der Waals surface area contributed by atoms with Crippen LogP contribution < -0.4 is 0 Å². The molecule has 2 aromatic rings. The molecule has 1 nitrogen and oxygen atoms in total. The number of hydrogen-bond acceptors (Lipinski definition) is 4. The van der Waals surface area contributed by atoms with Crippen LogP contribution >= 0.6 is 33.8 Å². The Balaban J connectivity index is 2.46. The maximum atomic E-state index is 11.3. The standard InChI is InChI=1S/C11H10OS4/c1-16(12)8-6-11(14-7-8)9-4-2-3-5-10(9)15-13/h2-7,13H,1H3. The van der Waals surface area contributed by atoms with Crippen molar-refractivity contribution in [1.82, 2.24) is 0 Å². The Hall–Kier alpha value is -0.230. The second-order valence-electron chi connectivity index (χ2n) is 3.19. The van der Waals surface area contributed by atoms with Crippen LogP contribution in [-0.4, -0.2) is 10.5 Å². The normalized spacial score (nSPS) is 12.6. The molecular weight excluding hydrogens is 276 g/mol. The van der Waals surface area contributed by atoms with Gasteiger partial charge in [0.1, 0.15) is 0 Å². The first-order valence-electron chi connectivity index (χ1n) is 4.55. The van der Waals surface area contributed by atoms with E-state index in [1.165, 1.54) is 10.8 Å². The van der Waals surface area contributed by atoms with Crippen molar-refractivity contribution < 1.29 is 4.21 Å². The van der Waals surface area contributed by atoms with Crippen LogP contribution in [0.15, 0.2) is 45.5 Å². The highest BCUT2D eigenvalue weighted by atomic mass is 33.1. The van der Waals surface area contributed by atoms with Gasteiger partial charge in [-0.15, -0.1) is 23.0 Å². The summed E-state index contributed by atoms with van der Waals surface area (Å²) in [6.07, 6.45) is 1.70. The summed E-state index contributed by atoms with van der Waals surface area (Å²) in [6.45, 7) is 0. The molecule has 0 spiro atoms. The Labute approximate surface area is 111 Å². The third-order valence-electron chi connectivity index (χ3n) is 2.16. The minimum atomic E-state index is -0.906. The summed E-state index contributed by atoms with van der Waals surface area (Å²) >= 11 is 5.86. The molecule has 0 aliphatic heterocycles. The van der Waals surface area contributed by atoms with Crippen molar-refractivity contribution in [3.05, 3.63) is 35.7 Å². The lowest BCUT2D eigenvalue weighted by atomic mass is 10.2. The van der Waals surface area contributed by atoms with Crippen molar-refractivity contribution in [2.24, 2.45) is 0 Å². The molecule has 0 fully saturated rings. The number of thiophene rings is 1. The van der Waals surface area contributed by atoms with E-state index in [-0.39, 0.29) is 0 Å². The van der Waals surface area contributed by atoms with Crippen molar-refractivity contribution >= 4 is 44.6 Å². The average molecular weight is 286 g/mol. The molecule has 1 unspecified atom stereocenters. The third kappa shape index (κ3) is 2.53. The number of rotatable bonds is 3. The van der Waals surface area contributed by atoms with E-state index in [0.717, 1.165) is 20.2 Å². The molecule has 2 rings (SSSR count). The van der Waals surface area contributed by atoms with Gasteiger partial charge in [0.2, 0.25) is 0 Å². The molecule has 0 saturated heterocycles. The molecule has 5 heteroatoms.